The molecule has 0 aliphatic heterocycles. The van der Waals surface area contributed by atoms with Gasteiger partial charge in [0, 0.05) is 12.1 Å². The van der Waals surface area contributed by atoms with E-state index >= 15 is 0 Å². The Morgan fingerprint density at radius 2 is 1.75 bits per heavy atom. The number of methoxy groups -OCH3 is 1. The van der Waals surface area contributed by atoms with Crippen LogP contribution in [0, 0.1) is 0 Å². The van der Waals surface area contributed by atoms with Crippen molar-refractivity contribution in [2.45, 2.75) is 38.3 Å². The topological polar surface area (TPSA) is 56.3 Å². The molecule has 1 aliphatic rings. The molecule has 0 saturated heterocycles. The van der Waals surface area contributed by atoms with Crippen molar-refractivity contribution in [3.05, 3.63) is 66.2 Å². The van der Waals surface area contributed by atoms with Crippen molar-refractivity contribution in [2.75, 3.05) is 12.4 Å². The molecule has 1 aliphatic carbocycles. The average Bonchev–Trinajstić information content (AvgIpc) is 3.26. The highest BCUT2D eigenvalue weighted by Crippen LogP contribution is 2.35. The fourth-order valence-corrected chi connectivity index (χ4v) is 3.48. The first-order valence-corrected chi connectivity index (χ1v) is 9.78. The molecule has 1 aromatic heterocycles. The van der Waals surface area contributed by atoms with E-state index in [1.807, 2.05) is 48.5 Å². The van der Waals surface area contributed by atoms with Gasteiger partial charge in [0.2, 0.25) is 0 Å². The van der Waals surface area contributed by atoms with Gasteiger partial charge in [0.05, 0.1) is 18.9 Å². The van der Waals surface area contributed by atoms with Gasteiger partial charge in [-0.15, -0.1) is 10.2 Å². The number of hydrogen-bond acceptors (Lipinski definition) is 5. The zero-order valence-electron chi connectivity index (χ0n) is 16.1. The molecule has 1 fully saturated rings. The lowest BCUT2D eigenvalue weighted by Gasteiger charge is -2.16. The van der Waals surface area contributed by atoms with Crippen molar-refractivity contribution in [1.82, 2.24) is 10.2 Å². The predicted molar refractivity (Wildman–Crippen MR) is 111 cm³/mol. The molecule has 1 saturated carbocycles. The summed E-state index contributed by atoms with van der Waals surface area (Å²) in [4.78, 5) is 0. The molecule has 0 atom stereocenters. The van der Waals surface area contributed by atoms with E-state index in [1.54, 1.807) is 7.11 Å². The lowest BCUT2D eigenvalue weighted by molar-refractivity contribution is 0.201. The Labute approximate surface area is 165 Å². The first-order chi connectivity index (χ1) is 13.8. The van der Waals surface area contributed by atoms with Gasteiger partial charge in [-0.25, -0.2) is 0 Å². The third-order valence-electron chi connectivity index (χ3n) is 5.04. The van der Waals surface area contributed by atoms with Crippen molar-refractivity contribution < 1.29 is 9.47 Å². The molecule has 0 spiro atoms. The molecule has 28 heavy (non-hydrogen) atoms. The summed E-state index contributed by atoms with van der Waals surface area (Å²) in [6.07, 6.45) is 4.95. The smallest absolute Gasteiger partial charge is 0.162 e. The fraction of sp³-hybridized carbons (Fsp3) is 0.304. The number of ether oxygens (including phenoxy) is 2. The standard InChI is InChI=1S/C23H25N3O2/c1-27-21-13-11-18(15-22(21)28-19-9-5-6-10-19)20-12-14-23(26-25-20)24-16-17-7-3-2-4-8-17/h2-4,7-8,11-15,19H,5-6,9-10,16H2,1H3,(H,24,26). The highest BCUT2D eigenvalue weighted by atomic mass is 16.5. The maximum Gasteiger partial charge on any atom is 0.162 e. The van der Waals surface area contributed by atoms with Gasteiger partial charge in [-0.05, 0) is 61.6 Å². The van der Waals surface area contributed by atoms with E-state index in [2.05, 4.69) is 27.6 Å². The molecule has 0 bridgehead atoms. The quantitative estimate of drug-likeness (QED) is 0.624. The molecule has 3 aromatic rings. The monoisotopic (exact) mass is 375 g/mol. The van der Waals surface area contributed by atoms with Gasteiger partial charge in [-0.2, -0.15) is 0 Å². The SMILES string of the molecule is COc1ccc(-c2ccc(NCc3ccccc3)nn2)cc1OC1CCCC1. The predicted octanol–water partition coefficient (Wildman–Crippen LogP) is 5.09. The second-order valence-electron chi connectivity index (χ2n) is 7.03. The molecule has 5 nitrogen and oxygen atoms in total. The van der Waals surface area contributed by atoms with E-state index in [1.165, 1.54) is 18.4 Å². The fourth-order valence-electron chi connectivity index (χ4n) is 3.48. The van der Waals surface area contributed by atoms with Gasteiger partial charge in [-0.3, -0.25) is 0 Å². The Kier molecular flexibility index (Phi) is 5.71. The van der Waals surface area contributed by atoms with Crippen LogP contribution in [-0.4, -0.2) is 23.4 Å². The van der Waals surface area contributed by atoms with Crippen molar-refractivity contribution in [3.63, 3.8) is 0 Å². The Bertz CT molecular complexity index is 891. The second kappa shape index (κ2) is 8.74. The number of anilines is 1. The van der Waals surface area contributed by atoms with Crippen molar-refractivity contribution in [1.29, 1.82) is 0 Å². The molecule has 0 unspecified atom stereocenters. The molecule has 2 aromatic carbocycles. The summed E-state index contributed by atoms with van der Waals surface area (Å²) >= 11 is 0. The molecule has 144 valence electrons. The third kappa shape index (κ3) is 4.42. The molecule has 5 heteroatoms. The summed E-state index contributed by atoms with van der Waals surface area (Å²) in [5.41, 5.74) is 2.98. The summed E-state index contributed by atoms with van der Waals surface area (Å²) < 4.78 is 11.7. The summed E-state index contributed by atoms with van der Waals surface area (Å²) in [6.45, 7) is 0.719. The van der Waals surface area contributed by atoms with Gasteiger partial charge >= 0.3 is 0 Å². The van der Waals surface area contributed by atoms with Crippen molar-refractivity contribution in [2.24, 2.45) is 0 Å². The summed E-state index contributed by atoms with van der Waals surface area (Å²) in [5, 5.41) is 12.0. The molecular formula is C23H25N3O2. The maximum atomic E-state index is 6.19. The van der Waals surface area contributed by atoms with E-state index in [4.69, 9.17) is 9.47 Å². The molecular weight excluding hydrogens is 350 g/mol. The van der Waals surface area contributed by atoms with Crippen molar-refractivity contribution >= 4 is 5.82 Å². The summed E-state index contributed by atoms with van der Waals surface area (Å²) in [6, 6.07) is 20.1. The number of benzene rings is 2. The zero-order chi connectivity index (χ0) is 19.2. The Morgan fingerprint density at radius 1 is 0.929 bits per heavy atom. The van der Waals surface area contributed by atoms with Crippen LogP contribution in [0.1, 0.15) is 31.2 Å². The maximum absolute atomic E-state index is 6.19. The van der Waals surface area contributed by atoms with Crippen LogP contribution in [0.2, 0.25) is 0 Å². The number of aromatic nitrogens is 2. The number of nitrogens with one attached hydrogen (secondary N) is 1. The summed E-state index contributed by atoms with van der Waals surface area (Å²) in [7, 11) is 1.67. The first kappa shape index (κ1) is 18.3. The van der Waals surface area contributed by atoms with Gasteiger partial charge in [0.15, 0.2) is 11.5 Å². The van der Waals surface area contributed by atoms with Gasteiger partial charge in [0.1, 0.15) is 5.82 Å². The van der Waals surface area contributed by atoms with Crippen LogP contribution in [0.5, 0.6) is 11.5 Å². The van der Waals surface area contributed by atoms with Crippen LogP contribution in [0.15, 0.2) is 60.7 Å². The van der Waals surface area contributed by atoms with E-state index in [0.717, 1.165) is 48.0 Å². The van der Waals surface area contributed by atoms with Gasteiger partial charge in [0.25, 0.3) is 0 Å². The van der Waals surface area contributed by atoms with Crippen LogP contribution in [0.25, 0.3) is 11.3 Å². The van der Waals surface area contributed by atoms with E-state index in [9.17, 15) is 0 Å². The lowest BCUT2D eigenvalue weighted by atomic mass is 10.1. The Hall–Kier alpha value is -3.08. The molecule has 1 heterocycles. The zero-order valence-corrected chi connectivity index (χ0v) is 16.1. The minimum atomic E-state index is 0.278. The summed E-state index contributed by atoms with van der Waals surface area (Å²) in [5.74, 6) is 2.29. The Balaban J connectivity index is 1.47. The minimum Gasteiger partial charge on any atom is -0.493 e. The number of hydrogen-bond donors (Lipinski definition) is 1. The van der Waals surface area contributed by atoms with Crippen LogP contribution in [0.3, 0.4) is 0 Å². The largest absolute Gasteiger partial charge is 0.493 e. The van der Waals surface area contributed by atoms with Crippen LogP contribution >= 0.6 is 0 Å². The normalized spacial score (nSPS) is 14.0. The first-order valence-electron chi connectivity index (χ1n) is 9.78. The average molecular weight is 375 g/mol. The van der Waals surface area contributed by atoms with Gasteiger partial charge < -0.3 is 14.8 Å². The number of rotatable bonds is 7. The van der Waals surface area contributed by atoms with E-state index in [0.29, 0.717) is 0 Å². The third-order valence-corrected chi connectivity index (χ3v) is 5.04. The molecule has 0 radical (unpaired) electrons. The highest BCUT2D eigenvalue weighted by molar-refractivity contribution is 5.64. The van der Waals surface area contributed by atoms with Gasteiger partial charge in [-0.1, -0.05) is 30.3 Å². The second-order valence-corrected chi connectivity index (χ2v) is 7.03. The molecule has 4 rings (SSSR count). The van der Waals surface area contributed by atoms with E-state index in [-0.39, 0.29) is 6.10 Å². The highest BCUT2D eigenvalue weighted by Gasteiger charge is 2.19. The van der Waals surface area contributed by atoms with Crippen LogP contribution < -0.4 is 14.8 Å². The lowest BCUT2D eigenvalue weighted by Crippen LogP contribution is -2.11. The minimum absolute atomic E-state index is 0.278. The molecule has 0 amide bonds. The van der Waals surface area contributed by atoms with Crippen molar-refractivity contribution in [3.8, 4) is 22.8 Å². The van der Waals surface area contributed by atoms with E-state index < -0.39 is 0 Å². The number of nitrogens with zero attached hydrogens (tertiary/aromatic N) is 2. The Morgan fingerprint density at radius 3 is 2.46 bits per heavy atom. The van der Waals surface area contributed by atoms with Crippen LogP contribution in [0.4, 0.5) is 5.82 Å². The molecule has 1 N–H and O–H groups in total. The van der Waals surface area contributed by atoms with Crippen LogP contribution in [-0.2, 0) is 6.54 Å².